The van der Waals surface area contributed by atoms with Gasteiger partial charge in [-0.05, 0) is 38.5 Å². The van der Waals surface area contributed by atoms with E-state index in [4.69, 9.17) is 6.42 Å². The fourth-order valence-corrected chi connectivity index (χ4v) is 2.83. The molecule has 0 aromatic heterocycles. The summed E-state index contributed by atoms with van der Waals surface area (Å²) in [5, 5.41) is 3.81. The maximum Gasteiger partial charge on any atom is 0.0598 e. The molecule has 2 nitrogen and oxygen atoms in total. The Bertz CT molecular complexity index is 244. The lowest BCUT2D eigenvalue weighted by atomic mass is 9.80. The zero-order valence-electron chi connectivity index (χ0n) is 10.4. The van der Waals surface area contributed by atoms with Gasteiger partial charge in [-0.3, -0.25) is 4.90 Å². The maximum absolute atomic E-state index is 5.33. The number of hydrogen-bond acceptors (Lipinski definition) is 2. The van der Waals surface area contributed by atoms with Crippen LogP contribution in [0.4, 0.5) is 0 Å². The van der Waals surface area contributed by atoms with Gasteiger partial charge in [0.15, 0.2) is 0 Å². The van der Waals surface area contributed by atoms with Crippen LogP contribution in [0.1, 0.15) is 39.0 Å². The zero-order chi connectivity index (χ0) is 11.4. The van der Waals surface area contributed by atoms with Gasteiger partial charge in [0, 0.05) is 25.2 Å². The van der Waals surface area contributed by atoms with Gasteiger partial charge in [0.1, 0.15) is 0 Å². The quantitative estimate of drug-likeness (QED) is 0.728. The average Bonchev–Trinajstić information content (AvgIpc) is 2.18. The number of terminal acetylenes is 1. The van der Waals surface area contributed by atoms with Crippen LogP contribution in [-0.2, 0) is 0 Å². The molecule has 2 aliphatic rings. The largest absolute Gasteiger partial charge is 0.311 e. The van der Waals surface area contributed by atoms with Crippen LogP contribution in [0.2, 0.25) is 0 Å². The van der Waals surface area contributed by atoms with Crippen molar-refractivity contribution in [2.45, 2.75) is 51.1 Å². The van der Waals surface area contributed by atoms with Crippen molar-refractivity contribution >= 4 is 0 Å². The summed E-state index contributed by atoms with van der Waals surface area (Å²) >= 11 is 0. The van der Waals surface area contributed by atoms with E-state index in [0.29, 0.717) is 0 Å². The molecule has 0 amide bonds. The van der Waals surface area contributed by atoms with E-state index in [-0.39, 0.29) is 0 Å². The van der Waals surface area contributed by atoms with Crippen LogP contribution in [-0.4, -0.2) is 36.6 Å². The maximum atomic E-state index is 5.33. The average molecular weight is 220 g/mol. The SMILES string of the molecule is C#CCN1CCC(NC(C)C2CCC2)CC1. The standard InChI is InChI=1S/C14H24N2/c1-3-9-16-10-7-14(8-11-16)15-12(2)13-5-4-6-13/h1,12-15H,4-11H2,2H3. The van der Waals surface area contributed by atoms with Crippen LogP contribution in [0.15, 0.2) is 0 Å². The second-order valence-corrected chi connectivity index (χ2v) is 5.40. The molecule has 1 saturated carbocycles. The van der Waals surface area contributed by atoms with Crippen molar-refractivity contribution in [3.63, 3.8) is 0 Å². The number of nitrogens with zero attached hydrogens (tertiary/aromatic N) is 1. The first kappa shape index (κ1) is 12.0. The highest BCUT2D eigenvalue weighted by Crippen LogP contribution is 2.30. The fraction of sp³-hybridized carbons (Fsp3) is 0.857. The molecule has 0 bridgehead atoms. The molecule has 2 fully saturated rings. The van der Waals surface area contributed by atoms with Crippen LogP contribution < -0.4 is 5.32 Å². The predicted octanol–water partition coefficient (Wildman–Crippen LogP) is 1.86. The third-order valence-electron chi connectivity index (χ3n) is 4.26. The molecule has 1 heterocycles. The molecule has 1 aliphatic heterocycles. The van der Waals surface area contributed by atoms with Crippen molar-refractivity contribution in [1.82, 2.24) is 10.2 Å². The minimum atomic E-state index is 0.720. The smallest absolute Gasteiger partial charge is 0.0598 e. The lowest BCUT2D eigenvalue weighted by Gasteiger charge is -2.37. The van der Waals surface area contributed by atoms with Gasteiger partial charge >= 0.3 is 0 Å². The molecular weight excluding hydrogens is 196 g/mol. The molecule has 0 aromatic rings. The highest BCUT2D eigenvalue weighted by atomic mass is 15.1. The summed E-state index contributed by atoms with van der Waals surface area (Å²) in [7, 11) is 0. The molecule has 1 saturated heterocycles. The van der Waals surface area contributed by atoms with Crippen LogP contribution in [0.3, 0.4) is 0 Å². The zero-order valence-corrected chi connectivity index (χ0v) is 10.4. The molecule has 1 N–H and O–H groups in total. The molecule has 1 atom stereocenters. The highest BCUT2D eigenvalue weighted by Gasteiger charge is 2.27. The molecule has 0 spiro atoms. The first-order valence-corrected chi connectivity index (χ1v) is 6.71. The normalized spacial score (nSPS) is 26.0. The minimum Gasteiger partial charge on any atom is -0.311 e. The summed E-state index contributed by atoms with van der Waals surface area (Å²) in [4.78, 5) is 2.38. The Morgan fingerprint density at radius 1 is 1.31 bits per heavy atom. The van der Waals surface area contributed by atoms with Gasteiger partial charge in [0.05, 0.1) is 6.54 Å². The summed E-state index contributed by atoms with van der Waals surface area (Å²) in [6.07, 6.45) is 12.2. The Balaban J connectivity index is 1.66. The van der Waals surface area contributed by atoms with Crippen LogP contribution >= 0.6 is 0 Å². The number of nitrogens with one attached hydrogen (secondary N) is 1. The lowest BCUT2D eigenvalue weighted by Crippen LogP contribution is -2.48. The molecule has 1 unspecified atom stereocenters. The Kier molecular flexibility index (Phi) is 4.26. The second-order valence-electron chi connectivity index (χ2n) is 5.40. The van der Waals surface area contributed by atoms with Gasteiger partial charge in [-0.25, -0.2) is 0 Å². The number of piperidine rings is 1. The summed E-state index contributed by atoms with van der Waals surface area (Å²) in [5.74, 6) is 3.68. The third kappa shape index (κ3) is 2.99. The topological polar surface area (TPSA) is 15.3 Å². The van der Waals surface area contributed by atoms with Gasteiger partial charge in [-0.1, -0.05) is 12.3 Å². The molecule has 2 rings (SSSR count). The van der Waals surface area contributed by atoms with Crippen LogP contribution in [0.5, 0.6) is 0 Å². The van der Waals surface area contributed by atoms with E-state index in [9.17, 15) is 0 Å². The first-order chi connectivity index (χ1) is 7.79. The number of rotatable bonds is 4. The van der Waals surface area contributed by atoms with Crippen molar-refractivity contribution in [1.29, 1.82) is 0 Å². The number of likely N-dealkylation sites (tertiary alicyclic amines) is 1. The van der Waals surface area contributed by atoms with E-state index in [1.807, 2.05) is 0 Å². The van der Waals surface area contributed by atoms with Gasteiger partial charge in [-0.2, -0.15) is 0 Å². The summed E-state index contributed by atoms with van der Waals surface area (Å²) < 4.78 is 0. The molecule has 16 heavy (non-hydrogen) atoms. The minimum absolute atomic E-state index is 0.720. The van der Waals surface area contributed by atoms with Crippen molar-refractivity contribution in [3.8, 4) is 12.3 Å². The lowest BCUT2D eigenvalue weighted by molar-refractivity contribution is 0.176. The van der Waals surface area contributed by atoms with Crippen molar-refractivity contribution in [2.24, 2.45) is 5.92 Å². The first-order valence-electron chi connectivity index (χ1n) is 6.71. The fourth-order valence-electron chi connectivity index (χ4n) is 2.83. The third-order valence-corrected chi connectivity index (χ3v) is 4.26. The van der Waals surface area contributed by atoms with Crippen molar-refractivity contribution in [3.05, 3.63) is 0 Å². The highest BCUT2D eigenvalue weighted by molar-refractivity contribution is 4.91. The van der Waals surface area contributed by atoms with Crippen molar-refractivity contribution in [2.75, 3.05) is 19.6 Å². The van der Waals surface area contributed by atoms with Gasteiger partial charge in [-0.15, -0.1) is 6.42 Å². The Hall–Kier alpha value is -0.520. The molecular formula is C14H24N2. The summed E-state index contributed by atoms with van der Waals surface area (Å²) in [6.45, 7) is 5.51. The molecule has 1 aliphatic carbocycles. The van der Waals surface area contributed by atoms with Gasteiger partial charge in [0.25, 0.3) is 0 Å². The molecule has 0 aromatic carbocycles. The van der Waals surface area contributed by atoms with E-state index in [1.165, 1.54) is 45.2 Å². The monoisotopic (exact) mass is 220 g/mol. The van der Waals surface area contributed by atoms with E-state index in [2.05, 4.69) is 23.1 Å². The van der Waals surface area contributed by atoms with Crippen LogP contribution in [0, 0.1) is 18.3 Å². The van der Waals surface area contributed by atoms with Crippen molar-refractivity contribution < 1.29 is 0 Å². The van der Waals surface area contributed by atoms with Gasteiger partial charge in [0.2, 0.25) is 0 Å². The second kappa shape index (κ2) is 5.70. The molecule has 0 radical (unpaired) electrons. The Labute approximate surface area is 99.8 Å². The van der Waals surface area contributed by atoms with E-state index in [0.717, 1.165) is 24.5 Å². The Morgan fingerprint density at radius 3 is 2.50 bits per heavy atom. The van der Waals surface area contributed by atoms with E-state index < -0.39 is 0 Å². The van der Waals surface area contributed by atoms with E-state index >= 15 is 0 Å². The van der Waals surface area contributed by atoms with Crippen LogP contribution in [0.25, 0.3) is 0 Å². The molecule has 90 valence electrons. The van der Waals surface area contributed by atoms with Gasteiger partial charge < -0.3 is 5.32 Å². The number of hydrogen-bond donors (Lipinski definition) is 1. The van der Waals surface area contributed by atoms with E-state index in [1.54, 1.807) is 0 Å². The molecule has 2 heteroatoms. The summed E-state index contributed by atoms with van der Waals surface area (Å²) in [5.41, 5.74) is 0. The predicted molar refractivity (Wildman–Crippen MR) is 68.2 cm³/mol. The Morgan fingerprint density at radius 2 is 2.00 bits per heavy atom. The summed E-state index contributed by atoms with van der Waals surface area (Å²) in [6, 6.07) is 1.45.